The number of nitrogens with zero attached hydrogens (tertiary/aromatic N) is 1. The lowest BCUT2D eigenvalue weighted by Crippen LogP contribution is -2.43. The molecular formula is C18H25N5O6S2. The normalized spacial score (nSPS) is 12.2. The maximum Gasteiger partial charge on any atom is 0.405 e. The molecule has 2 rings (SSSR count). The number of nitrogens with one attached hydrogen (secondary N) is 3. The molecule has 1 atom stereocenters. The van der Waals surface area contributed by atoms with Crippen LogP contribution < -0.4 is 25.2 Å². The van der Waals surface area contributed by atoms with Gasteiger partial charge in [-0.2, -0.15) is 8.42 Å². The first kappa shape index (κ1) is 24.5. The first-order chi connectivity index (χ1) is 14.6. The number of nitrogens with two attached hydrogens (primary N) is 1. The number of anilines is 1. The van der Waals surface area contributed by atoms with Gasteiger partial charge in [0.05, 0.1) is 12.8 Å². The number of hydrogen-bond acceptors (Lipinski definition) is 7. The number of thiazole rings is 1. The molecule has 13 heteroatoms. The number of carbonyl (C=O) groups is 2. The molecule has 1 aromatic carbocycles. The molecule has 1 heterocycles. The van der Waals surface area contributed by atoms with Gasteiger partial charge < -0.3 is 20.5 Å². The second-order valence-corrected chi connectivity index (χ2v) is 9.16. The zero-order chi connectivity index (χ0) is 23.0. The van der Waals surface area contributed by atoms with Gasteiger partial charge in [-0.3, -0.25) is 4.79 Å². The van der Waals surface area contributed by atoms with Gasteiger partial charge in [0, 0.05) is 17.0 Å². The molecule has 0 aliphatic rings. The second-order valence-electron chi connectivity index (χ2n) is 6.58. The molecule has 31 heavy (non-hydrogen) atoms. The lowest BCUT2D eigenvalue weighted by molar-refractivity contribution is -0.118. The summed E-state index contributed by atoms with van der Waals surface area (Å²) in [5, 5.41) is 19.0. The van der Waals surface area contributed by atoms with Gasteiger partial charge in [0.25, 0.3) is 10.2 Å². The molecule has 170 valence electrons. The molecule has 1 unspecified atom stereocenters. The van der Waals surface area contributed by atoms with Crippen LogP contribution in [0.3, 0.4) is 0 Å². The zero-order valence-corrected chi connectivity index (χ0v) is 18.7. The molecule has 1 aromatic heterocycles. The highest BCUT2D eigenvalue weighted by Crippen LogP contribution is 2.31. The van der Waals surface area contributed by atoms with E-state index in [2.05, 4.69) is 20.3 Å². The largest absolute Gasteiger partial charge is 0.497 e. The Morgan fingerprint density at radius 1 is 1.26 bits per heavy atom. The molecule has 6 N–H and O–H groups in total. The van der Waals surface area contributed by atoms with Crippen molar-refractivity contribution in [3.8, 4) is 17.0 Å². The molecular weight excluding hydrogens is 446 g/mol. The number of hydrogen-bond donors (Lipinski definition) is 5. The van der Waals surface area contributed by atoms with Crippen molar-refractivity contribution in [1.29, 1.82) is 0 Å². The van der Waals surface area contributed by atoms with E-state index >= 15 is 0 Å². The summed E-state index contributed by atoms with van der Waals surface area (Å²) in [6.45, 7) is 1.97. The van der Waals surface area contributed by atoms with Crippen molar-refractivity contribution in [3.05, 3.63) is 29.1 Å². The molecule has 0 spiro atoms. The maximum absolute atomic E-state index is 12.6. The standard InChI is InChI=1S/C18H25N5O6S2/c1-11-15(12-6-8-13(29-2)9-7-12)22-17(30-11)23-16(24)14(21-18(25)26)5-3-4-10-20-31(19,27)28/h6-9,14,20-21H,3-5,10H2,1-2H3,(H,25,26)(H2,19,27,28)(H,22,23,24). The van der Waals surface area contributed by atoms with Gasteiger partial charge in [0.2, 0.25) is 5.91 Å². The van der Waals surface area contributed by atoms with Crippen LogP contribution in [0.5, 0.6) is 5.75 Å². The summed E-state index contributed by atoms with van der Waals surface area (Å²) in [5.74, 6) is 0.170. The van der Waals surface area contributed by atoms with Crippen LogP contribution in [0, 0.1) is 6.92 Å². The average Bonchev–Trinajstić information content (AvgIpc) is 3.05. The summed E-state index contributed by atoms with van der Waals surface area (Å²) < 4.78 is 29.0. The number of rotatable bonds is 11. The summed E-state index contributed by atoms with van der Waals surface area (Å²) in [7, 11) is -2.20. The van der Waals surface area contributed by atoms with Crippen LogP contribution in [0.25, 0.3) is 11.3 Å². The Morgan fingerprint density at radius 3 is 2.52 bits per heavy atom. The molecule has 0 radical (unpaired) electrons. The van der Waals surface area contributed by atoms with Crippen LogP contribution in [0.15, 0.2) is 24.3 Å². The quantitative estimate of drug-likeness (QED) is 0.310. The Labute approximate surface area is 184 Å². The van der Waals surface area contributed by atoms with Crippen LogP contribution in [0.2, 0.25) is 0 Å². The number of unbranched alkanes of at least 4 members (excludes halogenated alkanes) is 1. The van der Waals surface area contributed by atoms with Crippen LogP contribution in [-0.4, -0.2) is 50.2 Å². The Morgan fingerprint density at radius 2 is 1.94 bits per heavy atom. The fraction of sp³-hybridized carbons (Fsp3) is 0.389. The van der Waals surface area contributed by atoms with Crippen LogP contribution in [0.4, 0.5) is 9.93 Å². The Kier molecular flexibility index (Phi) is 8.74. The number of aromatic nitrogens is 1. The molecule has 0 fully saturated rings. The first-order valence-electron chi connectivity index (χ1n) is 9.28. The third-order valence-corrected chi connectivity index (χ3v) is 5.72. The molecule has 0 aliphatic heterocycles. The van der Waals surface area contributed by atoms with Crippen molar-refractivity contribution in [3.63, 3.8) is 0 Å². The molecule has 0 saturated heterocycles. The number of methoxy groups -OCH3 is 1. The highest BCUT2D eigenvalue weighted by Gasteiger charge is 2.22. The monoisotopic (exact) mass is 471 g/mol. The average molecular weight is 472 g/mol. The lowest BCUT2D eigenvalue weighted by Gasteiger charge is -2.15. The van der Waals surface area contributed by atoms with Gasteiger partial charge in [-0.15, -0.1) is 11.3 Å². The van der Waals surface area contributed by atoms with Gasteiger partial charge in [-0.25, -0.2) is 19.6 Å². The van der Waals surface area contributed by atoms with E-state index in [0.29, 0.717) is 29.4 Å². The van der Waals surface area contributed by atoms with Crippen molar-refractivity contribution in [1.82, 2.24) is 15.0 Å². The van der Waals surface area contributed by atoms with E-state index in [4.69, 9.17) is 15.0 Å². The fourth-order valence-corrected chi connectivity index (χ4v) is 4.03. The van der Waals surface area contributed by atoms with Crippen LogP contribution in [0.1, 0.15) is 24.1 Å². The third-order valence-electron chi connectivity index (χ3n) is 4.23. The van der Waals surface area contributed by atoms with E-state index in [1.807, 2.05) is 31.2 Å². The highest BCUT2D eigenvalue weighted by molar-refractivity contribution is 7.87. The number of aryl methyl sites for hydroxylation is 1. The van der Waals surface area contributed by atoms with Crippen molar-refractivity contribution < 1.29 is 27.9 Å². The van der Waals surface area contributed by atoms with Gasteiger partial charge in [0.1, 0.15) is 11.8 Å². The zero-order valence-electron chi connectivity index (χ0n) is 17.0. The number of carbonyl (C=O) groups excluding carboxylic acids is 1. The van der Waals surface area contributed by atoms with E-state index in [1.54, 1.807) is 7.11 Å². The smallest absolute Gasteiger partial charge is 0.405 e. The van der Waals surface area contributed by atoms with E-state index in [-0.39, 0.29) is 13.0 Å². The first-order valence-corrected chi connectivity index (χ1v) is 11.6. The number of benzene rings is 1. The van der Waals surface area contributed by atoms with Gasteiger partial charge in [0.15, 0.2) is 5.13 Å². The summed E-state index contributed by atoms with van der Waals surface area (Å²) >= 11 is 1.28. The minimum Gasteiger partial charge on any atom is -0.497 e. The summed E-state index contributed by atoms with van der Waals surface area (Å²) in [6.07, 6.45) is -0.369. The minimum absolute atomic E-state index is 0.0944. The van der Waals surface area contributed by atoms with Gasteiger partial charge in [-0.1, -0.05) is 0 Å². The Balaban J connectivity index is 2.01. The molecule has 2 aromatic rings. The van der Waals surface area contributed by atoms with Crippen molar-refractivity contribution in [2.75, 3.05) is 19.0 Å². The molecule has 0 aliphatic carbocycles. The topological polar surface area (TPSA) is 173 Å². The predicted molar refractivity (Wildman–Crippen MR) is 117 cm³/mol. The number of carboxylic acid groups (broad SMARTS) is 1. The molecule has 11 nitrogen and oxygen atoms in total. The summed E-state index contributed by atoms with van der Waals surface area (Å²) in [4.78, 5) is 29.0. The fourth-order valence-electron chi connectivity index (χ4n) is 2.76. The third kappa shape index (κ3) is 8.13. The summed E-state index contributed by atoms with van der Waals surface area (Å²) in [5.41, 5.74) is 1.57. The van der Waals surface area contributed by atoms with E-state index < -0.39 is 28.3 Å². The van der Waals surface area contributed by atoms with Gasteiger partial charge >= 0.3 is 6.09 Å². The van der Waals surface area contributed by atoms with E-state index in [9.17, 15) is 18.0 Å². The Hall–Kier alpha value is -2.74. The molecule has 2 amide bonds. The van der Waals surface area contributed by atoms with Crippen molar-refractivity contribution in [2.45, 2.75) is 32.2 Å². The molecule has 0 saturated carbocycles. The molecule has 0 bridgehead atoms. The number of amides is 2. The van der Waals surface area contributed by atoms with Crippen molar-refractivity contribution in [2.24, 2.45) is 5.14 Å². The van der Waals surface area contributed by atoms with E-state index in [1.165, 1.54) is 11.3 Å². The van der Waals surface area contributed by atoms with Gasteiger partial charge in [-0.05, 0) is 50.5 Å². The lowest BCUT2D eigenvalue weighted by atomic mass is 10.1. The van der Waals surface area contributed by atoms with E-state index in [0.717, 1.165) is 10.4 Å². The van der Waals surface area contributed by atoms with Crippen LogP contribution >= 0.6 is 11.3 Å². The Bertz CT molecular complexity index is 1010. The maximum atomic E-state index is 12.6. The minimum atomic E-state index is -3.78. The SMILES string of the molecule is COc1ccc(-c2nc(NC(=O)C(CCCCNS(N)(=O)=O)NC(=O)O)sc2C)cc1. The van der Waals surface area contributed by atoms with Crippen molar-refractivity contribution >= 4 is 38.7 Å². The predicted octanol–water partition coefficient (Wildman–Crippen LogP) is 1.67. The summed E-state index contributed by atoms with van der Waals surface area (Å²) in [6, 6.07) is 6.32. The second kappa shape index (κ2) is 11.0. The highest BCUT2D eigenvalue weighted by atomic mass is 32.2. The number of ether oxygens (including phenoxy) is 1. The van der Waals surface area contributed by atoms with Crippen LogP contribution in [-0.2, 0) is 15.0 Å².